The van der Waals surface area contributed by atoms with Crippen LogP contribution >= 0.6 is 11.6 Å². The summed E-state index contributed by atoms with van der Waals surface area (Å²) in [4.78, 5) is 0. The van der Waals surface area contributed by atoms with E-state index in [0.29, 0.717) is 5.02 Å². The molecule has 18 heavy (non-hydrogen) atoms. The molecule has 1 atom stereocenters. The van der Waals surface area contributed by atoms with Crippen LogP contribution in [0.2, 0.25) is 5.02 Å². The van der Waals surface area contributed by atoms with E-state index in [4.69, 9.17) is 11.6 Å². The highest BCUT2D eigenvalue weighted by Gasteiger charge is 2.35. The van der Waals surface area contributed by atoms with Crippen LogP contribution in [0.25, 0.3) is 0 Å². The van der Waals surface area contributed by atoms with E-state index >= 15 is 0 Å². The Morgan fingerprint density at radius 3 is 2.11 bits per heavy atom. The topological polar surface area (TPSA) is 37.1 Å². The zero-order valence-electron chi connectivity index (χ0n) is 9.49. The van der Waals surface area contributed by atoms with Gasteiger partial charge in [-0.2, -0.15) is 0 Å². The van der Waals surface area contributed by atoms with E-state index < -0.39 is 5.54 Å². The molecule has 4 heteroatoms. The number of hydrogen-bond acceptors (Lipinski definition) is 3. The average molecular weight is 256 g/mol. The Balaban J connectivity index is 2.17. The van der Waals surface area contributed by atoms with Gasteiger partial charge in [-0.15, -0.1) is 10.2 Å². The Labute approximate surface area is 110 Å². The summed E-state index contributed by atoms with van der Waals surface area (Å²) >= 11 is 5.92. The summed E-state index contributed by atoms with van der Waals surface area (Å²) in [5.74, 6) is 0. The SMILES string of the molecule is Clc1ccc(C2(c3ccccc3)C=NN=N2)cc1. The molecule has 3 rings (SSSR count). The first-order chi connectivity index (χ1) is 8.81. The predicted octanol–water partition coefficient (Wildman–Crippen LogP) is 4.04. The van der Waals surface area contributed by atoms with Gasteiger partial charge >= 0.3 is 0 Å². The molecule has 1 heterocycles. The minimum atomic E-state index is -0.619. The maximum absolute atomic E-state index is 5.92. The van der Waals surface area contributed by atoms with Crippen molar-refractivity contribution in [1.82, 2.24) is 0 Å². The van der Waals surface area contributed by atoms with Crippen molar-refractivity contribution in [2.24, 2.45) is 15.4 Å². The molecule has 1 unspecified atom stereocenters. The van der Waals surface area contributed by atoms with Crippen LogP contribution in [0.3, 0.4) is 0 Å². The molecule has 88 valence electrons. The van der Waals surface area contributed by atoms with Gasteiger partial charge in [0.15, 0.2) is 5.54 Å². The summed E-state index contributed by atoms with van der Waals surface area (Å²) in [7, 11) is 0. The smallest absolute Gasteiger partial charge is 0.146 e. The number of nitrogens with zero attached hydrogens (tertiary/aromatic N) is 3. The van der Waals surface area contributed by atoms with Gasteiger partial charge < -0.3 is 0 Å². The van der Waals surface area contributed by atoms with E-state index in [9.17, 15) is 0 Å². The Bertz CT molecular complexity index is 591. The zero-order chi connectivity index (χ0) is 12.4. The molecule has 0 amide bonds. The van der Waals surface area contributed by atoms with Crippen molar-refractivity contribution in [3.63, 3.8) is 0 Å². The summed E-state index contributed by atoms with van der Waals surface area (Å²) in [6.07, 6.45) is 1.76. The van der Waals surface area contributed by atoms with Gasteiger partial charge in [0.05, 0.1) is 6.21 Å². The summed E-state index contributed by atoms with van der Waals surface area (Å²) in [5.41, 5.74) is 1.42. The molecular formula is C14H10ClN3. The number of hydrogen-bond donors (Lipinski definition) is 0. The highest BCUT2D eigenvalue weighted by molar-refractivity contribution is 6.30. The lowest BCUT2D eigenvalue weighted by Crippen LogP contribution is -2.24. The summed E-state index contributed by atoms with van der Waals surface area (Å²) in [6, 6.07) is 17.6. The number of halogens is 1. The molecule has 0 radical (unpaired) electrons. The zero-order valence-corrected chi connectivity index (χ0v) is 10.2. The van der Waals surface area contributed by atoms with Crippen LogP contribution < -0.4 is 0 Å². The normalized spacial score (nSPS) is 21.4. The molecule has 2 aromatic carbocycles. The second kappa shape index (κ2) is 4.35. The van der Waals surface area contributed by atoms with Gasteiger partial charge in [0, 0.05) is 5.02 Å². The van der Waals surface area contributed by atoms with Gasteiger partial charge in [-0.1, -0.05) is 54.1 Å². The third-order valence-electron chi connectivity index (χ3n) is 3.00. The molecule has 2 aromatic rings. The summed E-state index contributed by atoms with van der Waals surface area (Å²) in [5, 5.41) is 12.7. The Kier molecular flexibility index (Phi) is 2.68. The fraction of sp³-hybridized carbons (Fsp3) is 0.0714. The maximum atomic E-state index is 5.92. The van der Waals surface area contributed by atoms with Crippen molar-refractivity contribution < 1.29 is 0 Å². The molecule has 0 N–H and O–H groups in total. The van der Waals surface area contributed by atoms with E-state index in [-0.39, 0.29) is 0 Å². The van der Waals surface area contributed by atoms with Crippen molar-refractivity contribution in [2.45, 2.75) is 5.54 Å². The molecule has 0 bridgehead atoms. The van der Waals surface area contributed by atoms with E-state index in [1.165, 1.54) is 0 Å². The lowest BCUT2D eigenvalue weighted by Gasteiger charge is -2.22. The van der Waals surface area contributed by atoms with Gasteiger partial charge in [0.1, 0.15) is 0 Å². The molecule has 3 nitrogen and oxygen atoms in total. The van der Waals surface area contributed by atoms with E-state index in [0.717, 1.165) is 11.1 Å². The van der Waals surface area contributed by atoms with Gasteiger partial charge in [-0.3, -0.25) is 0 Å². The van der Waals surface area contributed by atoms with Crippen molar-refractivity contribution in [2.75, 3.05) is 0 Å². The monoisotopic (exact) mass is 255 g/mol. The van der Waals surface area contributed by atoms with E-state index in [2.05, 4.69) is 15.4 Å². The largest absolute Gasteiger partial charge is 0.170 e. The molecular weight excluding hydrogens is 246 g/mol. The first-order valence-electron chi connectivity index (χ1n) is 5.59. The highest BCUT2D eigenvalue weighted by Crippen LogP contribution is 2.35. The summed E-state index contributed by atoms with van der Waals surface area (Å²) < 4.78 is 0. The molecule has 1 aliphatic heterocycles. The Morgan fingerprint density at radius 2 is 1.50 bits per heavy atom. The fourth-order valence-corrected chi connectivity index (χ4v) is 2.18. The van der Waals surface area contributed by atoms with Crippen molar-refractivity contribution in [1.29, 1.82) is 0 Å². The molecule has 0 aromatic heterocycles. The third kappa shape index (κ3) is 1.73. The van der Waals surface area contributed by atoms with E-state index in [1.54, 1.807) is 6.21 Å². The summed E-state index contributed by atoms with van der Waals surface area (Å²) in [6.45, 7) is 0. The van der Waals surface area contributed by atoms with Crippen LogP contribution in [0, 0.1) is 0 Å². The molecule has 1 aliphatic rings. The van der Waals surface area contributed by atoms with Crippen LogP contribution in [0.5, 0.6) is 0 Å². The Morgan fingerprint density at radius 1 is 0.833 bits per heavy atom. The van der Waals surface area contributed by atoms with Crippen LogP contribution in [-0.2, 0) is 5.54 Å². The van der Waals surface area contributed by atoms with Crippen molar-refractivity contribution in [3.05, 3.63) is 70.7 Å². The molecule has 0 fully saturated rings. The maximum Gasteiger partial charge on any atom is 0.170 e. The first-order valence-corrected chi connectivity index (χ1v) is 5.97. The number of benzene rings is 2. The van der Waals surface area contributed by atoms with Crippen LogP contribution in [0.4, 0.5) is 0 Å². The second-order valence-electron chi connectivity index (χ2n) is 4.07. The second-order valence-corrected chi connectivity index (χ2v) is 4.51. The van der Waals surface area contributed by atoms with Crippen molar-refractivity contribution >= 4 is 17.8 Å². The van der Waals surface area contributed by atoms with Crippen molar-refractivity contribution in [3.8, 4) is 0 Å². The first kappa shape index (κ1) is 11.1. The predicted molar refractivity (Wildman–Crippen MR) is 72.0 cm³/mol. The average Bonchev–Trinajstić information content (AvgIpc) is 2.91. The van der Waals surface area contributed by atoms with Gasteiger partial charge in [0.2, 0.25) is 0 Å². The van der Waals surface area contributed by atoms with E-state index in [1.807, 2.05) is 54.6 Å². The lowest BCUT2D eigenvalue weighted by molar-refractivity contribution is 0.719. The molecule has 0 aliphatic carbocycles. The fourth-order valence-electron chi connectivity index (χ4n) is 2.06. The quantitative estimate of drug-likeness (QED) is 0.777. The van der Waals surface area contributed by atoms with Gasteiger partial charge in [0.25, 0.3) is 0 Å². The third-order valence-corrected chi connectivity index (χ3v) is 3.25. The molecule has 0 saturated carbocycles. The van der Waals surface area contributed by atoms with Crippen LogP contribution in [-0.4, -0.2) is 6.21 Å². The van der Waals surface area contributed by atoms with Crippen LogP contribution in [0.1, 0.15) is 11.1 Å². The molecule has 0 saturated heterocycles. The lowest BCUT2D eigenvalue weighted by atomic mass is 9.85. The van der Waals surface area contributed by atoms with Crippen LogP contribution in [0.15, 0.2) is 70.0 Å². The highest BCUT2D eigenvalue weighted by atomic mass is 35.5. The molecule has 0 spiro atoms. The minimum absolute atomic E-state index is 0.619. The van der Waals surface area contributed by atoms with Gasteiger partial charge in [-0.25, -0.2) is 0 Å². The minimum Gasteiger partial charge on any atom is -0.146 e. The Hall–Kier alpha value is -2.00. The standard InChI is InChI=1S/C14H10ClN3/c15-13-8-6-12(7-9-13)14(10-16-18-17-14)11-4-2-1-3-5-11/h1-10H. The number of rotatable bonds is 2. The van der Waals surface area contributed by atoms with Gasteiger partial charge in [-0.05, 0) is 28.5 Å².